The molecule has 148 valence electrons. The van der Waals surface area contributed by atoms with Crippen molar-refractivity contribution in [1.29, 1.82) is 0 Å². The van der Waals surface area contributed by atoms with Crippen LogP contribution in [0.4, 0.5) is 14.7 Å². The van der Waals surface area contributed by atoms with Gasteiger partial charge in [-0.05, 0) is 18.2 Å². The average molecular weight is 408 g/mol. The molecule has 0 radical (unpaired) electrons. The number of anilines is 1. The predicted octanol–water partition coefficient (Wildman–Crippen LogP) is 2.30. The Morgan fingerprint density at radius 3 is 2.43 bits per heavy atom. The van der Waals surface area contributed by atoms with E-state index in [4.69, 9.17) is 4.74 Å². The highest BCUT2D eigenvalue weighted by molar-refractivity contribution is 7.99. The summed E-state index contributed by atoms with van der Waals surface area (Å²) >= 11 is 0.267. The Morgan fingerprint density at radius 1 is 1.07 bits per heavy atom. The first-order valence-electron chi connectivity index (χ1n) is 8.55. The first kappa shape index (κ1) is 20.0. The highest BCUT2D eigenvalue weighted by atomic mass is 32.2. The summed E-state index contributed by atoms with van der Waals surface area (Å²) < 4.78 is 30.3. The number of amides is 1. The molecule has 0 unspecified atom stereocenters. The topological polar surface area (TPSA) is 75.6 Å². The summed E-state index contributed by atoms with van der Waals surface area (Å²) in [5.41, 5.74) is 0.0200. The molecule has 1 aliphatic heterocycles. The van der Waals surface area contributed by atoms with Gasteiger partial charge in [0.15, 0.2) is 6.61 Å². The van der Waals surface area contributed by atoms with Crippen LogP contribution in [0, 0.1) is 0 Å². The molecule has 0 saturated carbocycles. The van der Waals surface area contributed by atoms with Crippen LogP contribution in [0.2, 0.25) is 0 Å². The van der Waals surface area contributed by atoms with E-state index < -0.39 is 18.3 Å². The smallest absolute Gasteiger partial charge is 0.339 e. The van der Waals surface area contributed by atoms with Gasteiger partial charge in [0, 0.05) is 43.5 Å². The van der Waals surface area contributed by atoms with Gasteiger partial charge in [-0.15, -0.1) is 0 Å². The molecule has 7 nitrogen and oxygen atoms in total. The van der Waals surface area contributed by atoms with E-state index in [1.807, 2.05) is 4.90 Å². The number of carbonyl (C=O) groups excluding carboxylic acids is 2. The Morgan fingerprint density at radius 2 is 1.75 bits per heavy atom. The third kappa shape index (κ3) is 5.16. The summed E-state index contributed by atoms with van der Waals surface area (Å²) in [6.45, 7) is 1.60. The fourth-order valence-corrected chi connectivity index (χ4v) is 3.37. The molecule has 0 bridgehead atoms. The van der Waals surface area contributed by atoms with Crippen molar-refractivity contribution in [2.24, 2.45) is 0 Å². The minimum atomic E-state index is -2.65. The number of esters is 1. The van der Waals surface area contributed by atoms with E-state index in [0.29, 0.717) is 32.1 Å². The van der Waals surface area contributed by atoms with Gasteiger partial charge in [-0.25, -0.2) is 14.8 Å². The summed E-state index contributed by atoms with van der Waals surface area (Å²) in [7, 11) is 0. The molecule has 28 heavy (non-hydrogen) atoms. The van der Waals surface area contributed by atoms with Crippen LogP contribution in [-0.4, -0.2) is 65.3 Å². The van der Waals surface area contributed by atoms with E-state index >= 15 is 0 Å². The largest absolute Gasteiger partial charge is 0.452 e. The lowest BCUT2D eigenvalue weighted by Crippen LogP contribution is -2.50. The zero-order valence-electron chi connectivity index (χ0n) is 14.8. The SMILES string of the molecule is O=C(OCC(=O)N1CCN(c2ncccn2)CC1)c1ccccc1SC(F)F. The van der Waals surface area contributed by atoms with E-state index in [0.717, 1.165) is 0 Å². The third-order valence-electron chi connectivity index (χ3n) is 4.12. The Bertz CT molecular complexity index is 817. The minimum absolute atomic E-state index is 0.0200. The number of hydrogen-bond donors (Lipinski definition) is 0. The van der Waals surface area contributed by atoms with Crippen LogP contribution in [0.1, 0.15) is 10.4 Å². The number of ether oxygens (including phenoxy) is 1. The Balaban J connectivity index is 1.50. The molecule has 3 rings (SSSR count). The van der Waals surface area contributed by atoms with Gasteiger partial charge >= 0.3 is 5.97 Å². The van der Waals surface area contributed by atoms with Crippen LogP contribution in [-0.2, 0) is 9.53 Å². The summed E-state index contributed by atoms with van der Waals surface area (Å²) in [6.07, 6.45) is 3.31. The van der Waals surface area contributed by atoms with Crippen LogP contribution in [0.25, 0.3) is 0 Å². The number of rotatable bonds is 6. The average Bonchev–Trinajstić information content (AvgIpc) is 2.72. The summed E-state index contributed by atoms with van der Waals surface area (Å²) in [5.74, 6) is -3.18. The van der Waals surface area contributed by atoms with E-state index in [9.17, 15) is 18.4 Å². The van der Waals surface area contributed by atoms with Crippen molar-refractivity contribution in [2.45, 2.75) is 10.7 Å². The lowest BCUT2D eigenvalue weighted by molar-refractivity contribution is -0.134. The lowest BCUT2D eigenvalue weighted by atomic mass is 10.2. The van der Waals surface area contributed by atoms with Gasteiger partial charge < -0.3 is 14.5 Å². The highest BCUT2D eigenvalue weighted by Crippen LogP contribution is 2.28. The predicted molar refractivity (Wildman–Crippen MR) is 99.4 cm³/mol. The first-order valence-corrected chi connectivity index (χ1v) is 9.43. The Labute approximate surface area is 164 Å². The van der Waals surface area contributed by atoms with Gasteiger partial charge in [0.2, 0.25) is 5.95 Å². The van der Waals surface area contributed by atoms with Gasteiger partial charge in [0.1, 0.15) is 0 Å². The summed E-state index contributed by atoms with van der Waals surface area (Å²) in [5, 5.41) is 0. The van der Waals surface area contributed by atoms with Crippen molar-refractivity contribution >= 4 is 29.6 Å². The number of benzene rings is 1. The van der Waals surface area contributed by atoms with Crippen LogP contribution < -0.4 is 4.90 Å². The molecule has 1 aromatic carbocycles. The summed E-state index contributed by atoms with van der Waals surface area (Å²) in [4.78, 5) is 36.5. The molecule has 0 atom stereocenters. The molecule has 1 saturated heterocycles. The number of carbonyl (C=O) groups is 2. The number of nitrogens with zero attached hydrogens (tertiary/aromatic N) is 4. The van der Waals surface area contributed by atoms with Gasteiger partial charge in [-0.1, -0.05) is 23.9 Å². The number of alkyl halides is 2. The molecular weight excluding hydrogens is 390 g/mol. The number of piperazine rings is 1. The van der Waals surface area contributed by atoms with Crippen molar-refractivity contribution in [3.05, 3.63) is 48.3 Å². The molecule has 0 N–H and O–H groups in total. The lowest BCUT2D eigenvalue weighted by Gasteiger charge is -2.34. The maximum Gasteiger partial charge on any atom is 0.339 e. The molecule has 1 fully saturated rings. The number of aromatic nitrogens is 2. The van der Waals surface area contributed by atoms with Gasteiger partial charge in [0.05, 0.1) is 5.56 Å². The molecule has 2 heterocycles. The van der Waals surface area contributed by atoms with Gasteiger partial charge in [-0.3, -0.25) is 4.79 Å². The van der Waals surface area contributed by atoms with E-state index in [1.165, 1.54) is 12.1 Å². The Kier molecular flexibility index (Phi) is 6.75. The molecular formula is C18H18F2N4O3S. The second-order valence-electron chi connectivity index (χ2n) is 5.87. The van der Waals surface area contributed by atoms with Crippen LogP contribution in [0.15, 0.2) is 47.6 Å². The molecule has 2 aromatic rings. The number of hydrogen-bond acceptors (Lipinski definition) is 7. The van der Waals surface area contributed by atoms with Crippen molar-refractivity contribution in [3.63, 3.8) is 0 Å². The molecule has 0 spiro atoms. The molecule has 1 amide bonds. The molecule has 0 aliphatic carbocycles. The van der Waals surface area contributed by atoms with E-state index in [2.05, 4.69) is 9.97 Å². The van der Waals surface area contributed by atoms with Crippen molar-refractivity contribution in [1.82, 2.24) is 14.9 Å². The molecule has 1 aromatic heterocycles. The third-order valence-corrected chi connectivity index (χ3v) is 4.91. The summed E-state index contributed by atoms with van der Waals surface area (Å²) in [6, 6.07) is 7.66. The van der Waals surface area contributed by atoms with Gasteiger partial charge in [-0.2, -0.15) is 8.78 Å². The fraction of sp³-hybridized carbons (Fsp3) is 0.333. The van der Waals surface area contributed by atoms with Gasteiger partial charge in [0.25, 0.3) is 11.7 Å². The molecule has 10 heteroatoms. The monoisotopic (exact) mass is 408 g/mol. The van der Waals surface area contributed by atoms with E-state index in [-0.39, 0.29) is 28.1 Å². The van der Waals surface area contributed by atoms with Crippen LogP contribution in [0.5, 0.6) is 0 Å². The maximum absolute atomic E-state index is 12.6. The van der Waals surface area contributed by atoms with Crippen LogP contribution in [0.3, 0.4) is 0 Å². The van der Waals surface area contributed by atoms with Crippen molar-refractivity contribution in [2.75, 3.05) is 37.7 Å². The van der Waals surface area contributed by atoms with Crippen LogP contribution >= 0.6 is 11.8 Å². The van der Waals surface area contributed by atoms with Crippen molar-refractivity contribution in [3.8, 4) is 0 Å². The number of thioether (sulfide) groups is 1. The molecule has 1 aliphatic rings. The second-order valence-corrected chi connectivity index (χ2v) is 6.90. The fourth-order valence-electron chi connectivity index (χ4n) is 2.74. The minimum Gasteiger partial charge on any atom is -0.452 e. The normalized spacial score (nSPS) is 14.2. The quantitative estimate of drug-likeness (QED) is 0.536. The highest BCUT2D eigenvalue weighted by Gasteiger charge is 2.24. The second kappa shape index (κ2) is 9.45. The zero-order valence-corrected chi connectivity index (χ0v) is 15.6. The standard InChI is InChI=1S/C18H18F2N4O3S/c19-17(20)28-14-5-2-1-4-13(14)16(26)27-12-15(25)23-8-10-24(11-9-23)18-21-6-3-7-22-18/h1-7,17H,8-12H2. The maximum atomic E-state index is 12.6. The number of halogens is 2. The Hall–Kier alpha value is -2.75. The van der Waals surface area contributed by atoms with E-state index in [1.54, 1.807) is 35.5 Å². The zero-order chi connectivity index (χ0) is 19.9. The first-order chi connectivity index (χ1) is 13.5. The van der Waals surface area contributed by atoms with Crippen molar-refractivity contribution < 1.29 is 23.1 Å².